The molecule has 2 aromatic carbocycles. The van der Waals surface area contributed by atoms with Crippen LogP contribution < -0.4 is 5.14 Å². The standard InChI is InChI=1S/C27H26F4N6O2S/c1-16-10-33-37(34-16)15-18-8-21(27(29,30)31)4-2-17(18)3-7-25(38)35-11-19-13-36(14-20(19)12-35)26(39)23-6-5-22(40-32)9-24(23)28/h2,4-6,8-10H,3,7,11-15,32H2,1H3. The second kappa shape index (κ2) is 11.0. The number of hydrogen-bond acceptors (Lipinski definition) is 6. The van der Waals surface area contributed by atoms with E-state index in [1.165, 1.54) is 29.2 Å². The van der Waals surface area contributed by atoms with E-state index in [4.69, 9.17) is 5.14 Å². The van der Waals surface area contributed by atoms with Gasteiger partial charge in [-0.3, -0.25) is 14.7 Å². The van der Waals surface area contributed by atoms with E-state index in [2.05, 4.69) is 10.2 Å². The van der Waals surface area contributed by atoms with Crippen LogP contribution in [0.1, 0.15) is 39.2 Å². The van der Waals surface area contributed by atoms with E-state index < -0.39 is 23.5 Å². The van der Waals surface area contributed by atoms with Crippen molar-refractivity contribution < 1.29 is 27.2 Å². The minimum Gasteiger partial charge on any atom is -0.335 e. The van der Waals surface area contributed by atoms with Crippen LogP contribution >= 0.6 is 11.9 Å². The molecule has 3 aromatic rings. The van der Waals surface area contributed by atoms with Crippen LogP contribution in [0.2, 0.25) is 0 Å². The van der Waals surface area contributed by atoms with Crippen LogP contribution in [0.25, 0.3) is 0 Å². The molecule has 5 rings (SSSR count). The Bertz CT molecular complexity index is 1480. The lowest BCUT2D eigenvalue weighted by Crippen LogP contribution is -2.36. The minimum atomic E-state index is -4.49. The van der Waals surface area contributed by atoms with Crippen LogP contribution in [0.15, 0.2) is 58.6 Å². The van der Waals surface area contributed by atoms with Crippen LogP contribution in [0.5, 0.6) is 0 Å². The maximum Gasteiger partial charge on any atom is 0.416 e. The van der Waals surface area contributed by atoms with Crippen LogP contribution in [0.3, 0.4) is 0 Å². The second-order valence-corrected chi connectivity index (χ2v) is 10.6. The average Bonchev–Trinajstić information content (AvgIpc) is 3.61. The van der Waals surface area contributed by atoms with Gasteiger partial charge in [0.25, 0.3) is 5.91 Å². The van der Waals surface area contributed by atoms with Gasteiger partial charge in [-0.15, -0.1) is 0 Å². The van der Waals surface area contributed by atoms with Crippen molar-refractivity contribution in [3.05, 3.63) is 87.5 Å². The molecule has 2 aliphatic rings. The Morgan fingerprint density at radius 3 is 2.30 bits per heavy atom. The molecule has 0 saturated heterocycles. The average molecular weight is 575 g/mol. The van der Waals surface area contributed by atoms with Crippen molar-refractivity contribution >= 4 is 23.8 Å². The van der Waals surface area contributed by atoms with Crippen molar-refractivity contribution in [2.45, 2.75) is 37.4 Å². The summed E-state index contributed by atoms with van der Waals surface area (Å²) in [7, 11) is 0. The zero-order valence-electron chi connectivity index (χ0n) is 21.5. The molecule has 2 amide bonds. The monoisotopic (exact) mass is 574 g/mol. The molecule has 3 heterocycles. The number of nitrogens with zero attached hydrogens (tertiary/aromatic N) is 5. The van der Waals surface area contributed by atoms with Gasteiger partial charge in [-0.25, -0.2) is 4.39 Å². The third-order valence-electron chi connectivity index (χ3n) is 7.08. The van der Waals surface area contributed by atoms with Gasteiger partial charge < -0.3 is 9.80 Å². The zero-order chi connectivity index (χ0) is 28.6. The topological polar surface area (TPSA) is 97.4 Å². The summed E-state index contributed by atoms with van der Waals surface area (Å²) < 4.78 is 54.4. The van der Waals surface area contributed by atoms with E-state index in [9.17, 15) is 27.2 Å². The number of rotatable bonds is 7. The Morgan fingerprint density at radius 2 is 1.70 bits per heavy atom. The second-order valence-electron chi connectivity index (χ2n) is 9.88. The predicted molar refractivity (Wildman–Crippen MR) is 140 cm³/mol. The molecule has 40 heavy (non-hydrogen) atoms. The number of alkyl halides is 3. The Hall–Kier alpha value is -3.71. The van der Waals surface area contributed by atoms with Crippen molar-refractivity contribution in [1.82, 2.24) is 24.8 Å². The number of carbonyl (C=O) groups is 2. The van der Waals surface area contributed by atoms with Gasteiger partial charge in [0.15, 0.2) is 0 Å². The van der Waals surface area contributed by atoms with Gasteiger partial charge in [-0.05, 0) is 77.9 Å². The molecular formula is C27H26F4N6O2S. The molecule has 0 aliphatic carbocycles. The van der Waals surface area contributed by atoms with Crippen LogP contribution in [-0.2, 0) is 23.9 Å². The van der Waals surface area contributed by atoms with Crippen molar-refractivity contribution in [3.8, 4) is 0 Å². The largest absolute Gasteiger partial charge is 0.416 e. The van der Waals surface area contributed by atoms with E-state index in [-0.39, 0.29) is 30.9 Å². The van der Waals surface area contributed by atoms with Gasteiger partial charge >= 0.3 is 6.18 Å². The van der Waals surface area contributed by atoms with Gasteiger partial charge in [0.05, 0.1) is 29.6 Å². The number of hydrogen-bond donors (Lipinski definition) is 1. The third-order valence-corrected chi connectivity index (χ3v) is 7.60. The predicted octanol–water partition coefficient (Wildman–Crippen LogP) is 3.99. The highest BCUT2D eigenvalue weighted by molar-refractivity contribution is 7.97. The number of carbonyl (C=O) groups excluding carboxylic acids is 2. The van der Waals surface area contributed by atoms with Crippen LogP contribution in [-0.4, -0.2) is 62.8 Å². The van der Waals surface area contributed by atoms with Gasteiger partial charge in [-0.1, -0.05) is 6.07 Å². The molecular weight excluding hydrogens is 548 g/mol. The summed E-state index contributed by atoms with van der Waals surface area (Å²) in [6, 6.07) is 7.75. The normalized spacial score (nSPS) is 15.2. The fourth-order valence-electron chi connectivity index (χ4n) is 5.02. The fraction of sp³-hybridized carbons (Fsp3) is 0.333. The molecule has 0 radical (unpaired) electrons. The zero-order valence-corrected chi connectivity index (χ0v) is 22.4. The summed E-state index contributed by atoms with van der Waals surface area (Å²) in [4.78, 5) is 31.0. The van der Waals surface area contributed by atoms with E-state index >= 15 is 0 Å². The summed E-state index contributed by atoms with van der Waals surface area (Å²) >= 11 is 0.895. The molecule has 2 N–H and O–H groups in total. The summed E-state index contributed by atoms with van der Waals surface area (Å²) in [6.45, 7) is 3.13. The number of aryl methyl sites for hydroxylation is 2. The van der Waals surface area contributed by atoms with E-state index in [0.717, 1.165) is 35.2 Å². The highest BCUT2D eigenvalue weighted by Gasteiger charge is 2.35. The first-order valence-corrected chi connectivity index (χ1v) is 13.4. The van der Waals surface area contributed by atoms with Crippen molar-refractivity contribution in [1.29, 1.82) is 0 Å². The molecule has 0 unspecified atom stereocenters. The molecule has 0 atom stereocenters. The van der Waals surface area contributed by atoms with Crippen LogP contribution in [0, 0.1) is 12.7 Å². The molecule has 13 heteroatoms. The van der Waals surface area contributed by atoms with E-state index in [0.29, 0.717) is 47.9 Å². The van der Waals surface area contributed by atoms with Crippen molar-refractivity contribution in [2.24, 2.45) is 5.14 Å². The van der Waals surface area contributed by atoms with Crippen LogP contribution in [0.4, 0.5) is 17.6 Å². The van der Waals surface area contributed by atoms with E-state index in [1.54, 1.807) is 22.8 Å². The summed E-state index contributed by atoms with van der Waals surface area (Å²) in [5.41, 5.74) is 2.77. The first-order valence-electron chi connectivity index (χ1n) is 12.5. The summed E-state index contributed by atoms with van der Waals surface area (Å²) in [5, 5.41) is 13.7. The Labute approximate surface area is 231 Å². The Kier molecular flexibility index (Phi) is 7.69. The molecule has 0 fully saturated rings. The lowest BCUT2D eigenvalue weighted by molar-refractivity contribution is -0.137. The lowest BCUT2D eigenvalue weighted by Gasteiger charge is -2.23. The quantitative estimate of drug-likeness (QED) is 0.261. The highest BCUT2D eigenvalue weighted by atomic mass is 32.2. The number of benzene rings is 2. The Balaban J connectivity index is 1.20. The fourth-order valence-corrected chi connectivity index (χ4v) is 5.34. The molecule has 2 aliphatic heterocycles. The molecule has 8 nitrogen and oxygen atoms in total. The molecule has 0 bridgehead atoms. The molecule has 0 spiro atoms. The van der Waals surface area contributed by atoms with Gasteiger partial charge in [0.1, 0.15) is 5.82 Å². The van der Waals surface area contributed by atoms with Crippen molar-refractivity contribution in [2.75, 3.05) is 26.2 Å². The molecule has 210 valence electrons. The van der Waals surface area contributed by atoms with Gasteiger partial charge in [-0.2, -0.15) is 28.2 Å². The van der Waals surface area contributed by atoms with Gasteiger partial charge in [0.2, 0.25) is 5.91 Å². The lowest BCUT2D eigenvalue weighted by atomic mass is 9.99. The number of aromatic nitrogens is 3. The smallest absolute Gasteiger partial charge is 0.335 e. The van der Waals surface area contributed by atoms with Gasteiger partial charge in [0, 0.05) is 37.5 Å². The third kappa shape index (κ3) is 5.89. The van der Waals surface area contributed by atoms with E-state index in [1.807, 2.05) is 0 Å². The highest BCUT2D eigenvalue weighted by Crippen LogP contribution is 2.32. The maximum absolute atomic E-state index is 14.4. The summed E-state index contributed by atoms with van der Waals surface area (Å²) in [5.74, 6) is -1.19. The number of halogens is 4. The first kappa shape index (κ1) is 27.8. The molecule has 0 saturated carbocycles. The SMILES string of the molecule is Cc1cnn(Cc2cc(C(F)(F)F)ccc2CCC(=O)N2CC3=C(C2)CN(C(=O)c2ccc(SN)cc2F)C3)n1. The minimum absolute atomic E-state index is 0.0280. The number of amides is 2. The molecule has 1 aromatic heterocycles. The maximum atomic E-state index is 14.4. The summed E-state index contributed by atoms with van der Waals surface area (Å²) in [6.07, 6.45) is -2.59. The van der Waals surface area contributed by atoms with Crippen molar-refractivity contribution in [3.63, 3.8) is 0 Å². The number of nitrogens with two attached hydrogens (primary N) is 1. The first-order chi connectivity index (χ1) is 19.0. The Morgan fingerprint density at radius 1 is 1.00 bits per heavy atom.